The van der Waals surface area contributed by atoms with Gasteiger partial charge in [-0.1, -0.05) is 48.5 Å². The number of non-ortho nitro benzene ring substituents is 1. The van der Waals surface area contributed by atoms with Crippen molar-refractivity contribution >= 4 is 22.5 Å². The van der Waals surface area contributed by atoms with Crippen molar-refractivity contribution in [2.24, 2.45) is 5.92 Å². The van der Waals surface area contributed by atoms with Gasteiger partial charge in [0.2, 0.25) is 0 Å². The van der Waals surface area contributed by atoms with Crippen LogP contribution >= 0.6 is 0 Å². The summed E-state index contributed by atoms with van der Waals surface area (Å²) >= 11 is 0. The van der Waals surface area contributed by atoms with Gasteiger partial charge in [-0.2, -0.15) is 0 Å². The molecular formula is C33H25N4O3. The molecule has 0 unspecified atom stereocenters. The molecule has 2 saturated heterocycles. The third-order valence-electron chi connectivity index (χ3n) is 9.22. The topological polar surface area (TPSA) is 89.2 Å². The van der Waals surface area contributed by atoms with E-state index in [2.05, 4.69) is 17.0 Å². The van der Waals surface area contributed by atoms with Gasteiger partial charge in [0.15, 0.2) is 0 Å². The van der Waals surface area contributed by atoms with E-state index >= 15 is 0 Å². The summed E-state index contributed by atoms with van der Waals surface area (Å²) in [7, 11) is 0. The number of Topliss-reactive ketones (excluding diaryl/α,β-unsaturated/α-hetero) is 1. The predicted molar refractivity (Wildman–Crippen MR) is 150 cm³/mol. The molecule has 3 aromatic carbocycles. The number of nitro groups is 1. The molecule has 7 heteroatoms. The number of rotatable bonds is 4. The number of nitro benzene ring substituents is 1. The zero-order valence-electron chi connectivity index (χ0n) is 21.6. The first kappa shape index (κ1) is 23.9. The van der Waals surface area contributed by atoms with Gasteiger partial charge in [0.25, 0.3) is 5.69 Å². The van der Waals surface area contributed by atoms with Crippen LogP contribution in [0.15, 0.2) is 72.8 Å². The Morgan fingerprint density at radius 2 is 1.62 bits per heavy atom. The van der Waals surface area contributed by atoms with Gasteiger partial charge in [-0.25, -0.2) is 9.97 Å². The van der Waals surface area contributed by atoms with Gasteiger partial charge < -0.3 is 0 Å². The van der Waals surface area contributed by atoms with Crippen LogP contribution in [0.3, 0.4) is 0 Å². The highest BCUT2D eigenvalue weighted by atomic mass is 16.6. The molecule has 7 nitrogen and oxygen atoms in total. The normalized spacial score (nSPS) is 27.2. The van der Waals surface area contributed by atoms with Crippen LogP contribution in [0.4, 0.5) is 5.69 Å². The molecule has 0 amide bonds. The first-order chi connectivity index (χ1) is 19.6. The second kappa shape index (κ2) is 8.77. The quantitative estimate of drug-likeness (QED) is 0.254. The van der Waals surface area contributed by atoms with Gasteiger partial charge >= 0.3 is 0 Å². The van der Waals surface area contributed by atoms with Crippen LogP contribution in [0.2, 0.25) is 0 Å². The Hall–Kier alpha value is -3.97. The molecule has 4 aliphatic rings. The number of ketones is 1. The van der Waals surface area contributed by atoms with Gasteiger partial charge in [0.1, 0.15) is 11.3 Å². The Labute approximate surface area is 232 Å². The van der Waals surface area contributed by atoms with E-state index in [1.807, 2.05) is 74.2 Å². The van der Waals surface area contributed by atoms with E-state index in [0.29, 0.717) is 5.92 Å². The van der Waals surface area contributed by atoms with Gasteiger partial charge in [-0.3, -0.25) is 19.8 Å². The summed E-state index contributed by atoms with van der Waals surface area (Å²) in [5.74, 6) is 0.0926. The molecular weight excluding hydrogens is 500 g/mol. The number of hydrogen-bond donors (Lipinski definition) is 0. The number of aromatic nitrogens is 2. The van der Waals surface area contributed by atoms with Gasteiger partial charge in [-0.05, 0) is 68.3 Å². The molecule has 1 spiro atoms. The molecule has 8 rings (SSSR count). The Kier molecular flexibility index (Phi) is 5.23. The summed E-state index contributed by atoms with van der Waals surface area (Å²) < 4.78 is 0. The molecule has 2 aliphatic heterocycles. The van der Waals surface area contributed by atoms with Crippen LogP contribution in [0.5, 0.6) is 0 Å². The second-order valence-corrected chi connectivity index (χ2v) is 11.0. The molecule has 3 fully saturated rings. The summed E-state index contributed by atoms with van der Waals surface area (Å²) in [6, 6.07) is 23.1. The average Bonchev–Trinajstić information content (AvgIpc) is 3.77. The molecule has 4 atom stereocenters. The number of nitrogens with zero attached hydrogens (tertiary/aromatic N) is 4. The fraction of sp³-hybridized carbons (Fsp3) is 0.212. The molecule has 1 saturated carbocycles. The van der Waals surface area contributed by atoms with Crippen LogP contribution < -0.4 is 0 Å². The van der Waals surface area contributed by atoms with E-state index in [4.69, 9.17) is 9.97 Å². The highest BCUT2D eigenvalue weighted by molar-refractivity contribution is 6.02. The SMILES string of the molecule is O=C([C]1[CH][CH][CH][CH]1)[C@@H]1[C@@H](c2ccc([N+](=O)[O-])cc2)[C@@H]2CCCN2[C@@]12c1ccccc1-c1nc3ccccc3nc12. The minimum Gasteiger partial charge on any atom is -0.299 e. The number of para-hydroxylation sites is 2. The molecule has 4 aromatic rings. The highest BCUT2D eigenvalue weighted by Crippen LogP contribution is 2.65. The highest BCUT2D eigenvalue weighted by Gasteiger charge is 2.68. The van der Waals surface area contributed by atoms with Crippen LogP contribution in [0.1, 0.15) is 35.6 Å². The van der Waals surface area contributed by atoms with Crippen molar-refractivity contribution in [1.82, 2.24) is 14.9 Å². The fourth-order valence-electron chi connectivity index (χ4n) is 7.78. The molecule has 3 heterocycles. The van der Waals surface area contributed by atoms with Crippen molar-refractivity contribution in [1.29, 1.82) is 0 Å². The zero-order valence-corrected chi connectivity index (χ0v) is 21.6. The van der Waals surface area contributed by atoms with Crippen molar-refractivity contribution in [2.75, 3.05) is 6.54 Å². The Balaban J connectivity index is 1.42. The van der Waals surface area contributed by atoms with E-state index in [1.165, 1.54) is 0 Å². The summed E-state index contributed by atoms with van der Waals surface area (Å²) in [5, 5.41) is 11.5. The van der Waals surface area contributed by atoms with Gasteiger partial charge in [0.05, 0.1) is 33.3 Å². The lowest BCUT2D eigenvalue weighted by Gasteiger charge is -2.40. The lowest BCUT2D eigenvalue weighted by atomic mass is 9.67. The molecule has 0 bridgehead atoms. The summed E-state index contributed by atoms with van der Waals surface area (Å²) in [4.78, 5) is 38.8. The third-order valence-corrected chi connectivity index (χ3v) is 9.22. The lowest BCUT2D eigenvalue weighted by Crippen LogP contribution is -2.49. The Morgan fingerprint density at radius 1 is 0.925 bits per heavy atom. The maximum Gasteiger partial charge on any atom is 0.269 e. The average molecular weight is 526 g/mol. The van der Waals surface area contributed by atoms with E-state index in [-0.39, 0.29) is 28.4 Å². The smallest absolute Gasteiger partial charge is 0.269 e. The van der Waals surface area contributed by atoms with Crippen LogP contribution in [-0.2, 0) is 10.3 Å². The summed E-state index contributed by atoms with van der Waals surface area (Å²) in [6.07, 6.45) is 9.53. The molecule has 5 radical (unpaired) electrons. The molecule has 40 heavy (non-hydrogen) atoms. The van der Waals surface area contributed by atoms with Crippen molar-refractivity contribution in [3.8, 4) is 11.3 Å². The lowest BCUT2D eigenvalue weighted by molar-refractivity contribution is -0.384. The first-order valence-corrected chi connectivity index (χ1v) is 13.7. The number of carbonyl (C=O) groups excluding carboxylic acids is 1. The minimum absolute atomic E-state index is 0.0487. The molecule has 195 valence electrons. The number of hydrogen-bond acceptors (Lipinski definition) is 6. The van der Waals surface area contributed by atoms with Gasteiger partial charge in [0, 0.05) is 35.6 Å². The zero-order chi connectivity index (χ0) is 27.0. The second-order valence-electron chi connectivity index (χ2n) is 11.0. The van der Waals surface area contributed by atoms with Crippen molar-refractivity contribution in [3.63, 3.8) is 0 Å². The molecule has 0 N–H and O–H groups in total. The maximum atomic E-state index is 14.8. The van der Waals surface area contributed by atoms with E-state index in [1.54, 1.807) is 12.1 Å². The van der Waals surface area contributed by atoms with Crippen molar-refractivity contribution in [2.45, 2.75) is 30.3 Å². The molecule has 2 aliphatic carbocycles. The third kappa shape index (κ3) is 3.12. The van der Waals surface area contributed by atoms with Crippen LogP contribution in [0.25, 0.3) is 22.3 Å². The Bertz CT molecular complexity index is 1680. The number of fused-ring (bicyclic) bond motifs is 8. The van der Waals surface area contributed by atoms with Crippen molar-refractivity contribution in [3.05, 3.63) is 131 Å². The van der Waals surface area contributed by atoms with Crippen LogP contribution in [-0.4, -0.2) is 38.2 Å². The predicted octanol–water partition coefficient (Wildman–Crippen LogP) is 5.61. The molecule has 1 aromatic heterocycles. The van der Waals surface area contributed by atoms with E-state index < -0.39 is 11.5 Å². The van der Waals surface area contributed by atoms with Crippen molar-refractivity contribution < 1.29 is 9.72 Å². The van der Waals surface area contributed by atoms with E-state index in [9.17, 15) is 14.9 Å². The van der Waals surface area contributed by atoms with E-state index in [0.717, 1.165) is 58.5 Å². The summed E-state index contributed by atoms with van der Waals surface area (Å²) in [6.45, 7) is 0.835. The summed E-state index contributed by atoms with van der Waals surface area (Å²) in [5.41, 5.74) is 5.60. The van der Waals surface area contributed by atoms with Gasteiger partial charge in [-0.15, -0.1) is 0 Å². The van der Waals surface area contributed by atoms with Crippen LogP contribution in [0, 0.1) is 47.6 Å². The standard InChI is InChI=1S/C33H25N4O3/c38-31(21-8-1-2-9-21)29-28(20-15-17-22(18-16-20)37(39)40)27-14-7-19-36(27)33(29)24-11-4-3-10-23(24)30-32(33)35-26-13-6-5-12-25(26)34-30/h1-6,8-13,15-18,27-29H,7,14,19H2/t27-,28-,29-,33-/m0/s1. The minimum atomic E-state index is -0.801. The number of carbonyl (C=O) groups is 1. The largest absolute Gasteiger partial charge is 0.299 e. The Morgan fingerprint density at radius 3 is 2.38 bits per heavy atom. The first-order valence-electron chi connectivity index (χ1n) is 13.7. The number of benzene rings is 3. The maximum absolute atomic E-state index is 14.8. The monoisotopic (exact) mass is 525 g/mol. The fourth-order valence-corrected chi connectivity index (χ4v) is 7.78.